The van der Waals surface area contributed by atoms with Crippen molar-refractivity contribution in [2.75, 3.05) is 0 Å². The summed E-state index contributed by atoms with van der Waals surface area (Å²) in [5.74, 6) is 6.49. The number of hydrogen-bond donors (Lipinski definition) is 1. The molecule has 0 radical (unpaired) electrons. The number of fused-ring (bicyclic) bond motifs is 5. The van der Waals surface area contributed by atoms with Gasteiger partial charge in [0.15, 0.2) is 0 Å². The molecule has 4 aliphatic carbocycles. The van der Waals surface area contributed by atoms with Crippen LogP contribution >= 0.6 is 0 Å². The molecule has 29 heavy (non-hydrogen) atoms. The van der Waals surface area contributed by atoms with Crippen molar-refractivity contribution in [1.29, 1.82) is 0 Å². The van der Waals surface area contributed by atoms with Crippen LogP contribution in [0.1, 0.15) is 112 Å². The normalized spacial score (nSPS) is 47.7. The first-order chi connectivity index (χ1) is 13.3. The predicted molar refractivity (Wildman–Crippen MR) is 123 cm³/mol. The summed E-state index contributed by atoms with van der Waals surface area (Å²) in [6.45, 7) is 12.7. The Morgan fingerprint density at radius 1 is 0.828 bits per heavy atom. The van der Waals surface area contributed by atoms with Crippen LogP contribution in [0.3, 0.4) is 0 Å². The third-order valence-electron chi connectivity index (χ3n) is 10.8. The van der Waals surface area contributed by atoms with Gasteiger partial charge in [0.2, 0.25) is 0 Å². The molecule has 2 heteroatoms. The minimum Gasteiger partial charge on any atom is -0.412 e. The molecule has 0 bridgehead atoms. The fraction of sp³-hybridized carbons (Fsp3) is 1.00. The van der Waals surface area contributed by atoms with Crippen molar-refractivity contribution in [3.63, 3.8) is 0 Å². The Hall–Kier alpha value is -0.0800. The molecular formula is C27H50O2. The van der Waals surface area contributed by atoms with Crippen molar-refractivity contribution in [1.82, 2.24) is 0 Å². The van der Waals surface area contributed by atoms with E-state index in [4.69, 9.17) is 0 Å². The van der Waals surface area contributed by atoms with E-state index in [2.05, 4.69) is 34.6 Å². The number of aliphatic hydroxyl groups excluding tert-OH is 1. The van der Waals surface area contributed by atoms with E-state index in [0.717, 1.165) is 54.3 Å². The van der Waals surface area contributed by atoms with E-state index < -0.39 is 0 Å². The lowest BCUT2D eigenvalue weighted by Crippen LogP contribution is -2.54. The lowest BCUT2D eigenvalue weighted by atomic mass is 9.44. The van der Waals surface area contributed by atoms with Gasteiger partial charge in [-0.3, -0.25) is 0 Å². The van der Waals surface area contributed by atoms with Crippen molar-refractivity contribution in [3.05, 3.63) is 0 Å². The summed E-state index contributed by atoms with van der Waals surface area (Å²) < 4.78 is 0. The Labute approximate surface area is 180 Å². The van der Waals surface area contributed by atoms with Gasteiger partial charge >= 0.3 is 0 Å². The Kier molecular flexibility index (Phi) is 7.16. The largest absolute Gasteiger partial charge is 0.412 e. The highest BCUT2D eigenvalue weighted by Crippen LogP contribution is 2.68. The van der Waals surface area contributed by atoms with Gasteiger partial charge in [-0.25, -0.2) is 0 Å². The summed E-state index contributed by atoms with van der Waals surface area (Å²) >= 11 is 0. The van der Waals surface area contributed by atoms with Crippen LogP contribution in [-0.2, 0) is 0 Å². The minimum absolute atomic E-state index is 0. The van der Waals surface area contributed by atoms with Crippen LogP contribution in [0.2, 0.25) is 0 Å². The van der Waals surface area contributed by atoms with Gasteiger partial charge in [-0.2, -0.15) is 0 Å². The molecule has 0 saturated heterocycles. The molecule has 4 aliphatic rings. The molecule has 0 aliphatic heterocycles. The Bertz CT molecular complexity index is 545. The molecule has 0 amide bonds. The maximum absolute atomic E-state index is 10.3. The number of aliphatic hydroxyl groups is 1. The molecule has 0 spiro atoms. The van der Waals surface area contributed by atoms with E-state index in [9.17, 15) is 5.11 Å². The third-order valence-corrected chi connectivity index (χ3v) is 10.8. The molecule has 2 nitrogen and oxygen atoms in total. The standard InChI is InChI=1S/C27H48O.H2O/c1-18(2)7-6-8-19(3)23-11-12-24-22-10-9-20-17-21(28)13-15-26(20,4)25(22)14-16-27(23,24)5;/h18-25,28H,6-17H2,1-5H3;1H2/t19-,20?,21?,22+,23-,24+,25+,26+,27-;/m1./s1. The van der Waals surface area contributed by atoms with Crippen molar-refractivity contribution >= 4 is 0 Å². The van der Waals surface area contributed by atoms with Gasteiger partial charge in [-0.15, -0.1) is 0 Å². The van der Waals surface area contributed by atoms with Crippen LogP contribution in [-0.4, -0.2) is 16.7 Å². The summed E-state index contributed by atoms with van der Waals surface area (Å²) in [4.78, 5) is 0. The van der Waals surface area contributed by atoms with Crippen LogP contribution < -0.4 is 0 Å². The molecule has 0 heterocycles. The maximum atomic E-state index is 10.3. The van der Waals surface area contributed by atoms with Crippen LogP contribution in [0.5, 0.6) is 0 Å². The quantitative estimate of drug-likeness (QED) is 0.546. The topological polar surface area (TPSA) is 51.7 Å². The number of hydrogen-bond acceptors (Lipinski definition) is 1. The van der Waals surface area contributed by atoms with E-state index >= 15 is 0 Å². The summed E-state index contributed by atoms with van der Waals surface area (Å²) in [6.07, 6.45) is 16.6. The molecular weight excluding hydrogens is 356 g/mol. The first-order valence-corrected chi connectivity index (χ1v) is 12.9. The monoisotopic (exact) mass is 406 g/mol. The van der Waals surface area contributed by atoms with E-state index in [0.29, 0.717) is 10.8 Å². The second kappa shape index (κ2) is 8.81. The zero-order valence-corrected chi connectivity index (χ0v) is 20.1. The van der Waals surface area contributed by atoms with Crippen LogP contribution in [0, 0.1) is 52.3 Å². The molecule has 0 aromatic rings. The third kappa shape index (κ3) is 4.07. The Morgan fingerprint density at radius 2 is 1.52 bits per heavy atom. The van der Waals surface area contributed by atoms with Crippen LogP contribution in [0.4, 0.5) is 0 Å². The Morgan fingerprint density at radius 3 is 2.24 bits per heavy atom. The van der Waals surface area contributed by atoms with Crippen LogP contribution in [0.15, 0.2) is 0 Å². The minimum atomic E-state index is -0.00830. The van der Waals surface area contributed by atoms with E-state index in [1.807, 2.05) is 0 Å². The molecule has 0 aromatic heterocycles. The molecule has 0 aromatic carbocycles. The second-order valence-corrected chi connectivity index (χ2v) is 12.6. The molecule has 2 unspecified atom stereocenters. The Balaban J connectivity index is 0.00000240. The molecule has 9 atom stereocenters. The van der Waals surface area contributed by atoms with Gasteiger partial charge in [-0.05, 0) is 110 Å². The van der Waals surface area contributed by atoms with Crippen LogP contribution in [0.25, 0.3) is 0 Å². The SMILES string of the molecule is CC(C)CCC[C@@H](C)[C@H]1CC[C@H]2[C@@H]3CCC4CC(O)CC[C@]4(C)[C@H]3CC[C@]12C.O. The van der Waals surface area contributed by atoms with Gasteiger partial charge in [0.1, 0.15) is 0 Å². The average Bonchev–Trinajstić information content (AvgIpc) is 2.99. The molecule has 4 fully saturated rings. The smallest absolute Gasteiger partial charge is 0.0543 e. The number of rotatable bonds is 5. The van der Waals surface area contributed by atoms with Crippen molar-refractivity contribution in [2.24, 2.45) is 52.3 Å². The van der Waals surface area contributed by atoms with Gasteiger partial charge < -0.3 is 10.6 Å². The van der Waals surface area contributed by atoms with E-state index in [-0.39, 0.29) is 11.6 Å². The predicted octanol–water partition coefficient (Wildman–Crippen LogP) is 6.64. The lowest BCUT2D eigenvalue weighted by Gasteiger charge is -2.61. The highest BCUT2D eigenvalue weighted by atomic mass is 16.3. The average molecular weight is 407 g/mol. The molecule has 4 saturated carbocycles. The van der Waals surface area contributed by atoms with Gasteiger partial charge in [0.25, 0.3) is 0 Å². The van der Waals surface area contributed by atoms with Gasteiger partial charge in [-0.1, -0.05) is 53.9 Å². The highest BCUT2D eigenvalue weighted by molar-refractivity contribution is 5.09. The first kappa shape index (κ1) is 23.6. The van der Waals surface area contributed by atoms with Crippen molar-refractivity contribution in [3.8, 4) is 0 Å². The van der Waals surface area contributed by atoms with Gasteiger partial charge in [0, 0.05) is 0 Å². The molecule has 170 valence electrons. The summed E-state index contributed by atoms with van der Waals surface area (Å²) in [5, 5.41) is 10.3. The fourth-order valence-corrected chi connectivity index (χ4v) is 9.26. The summed E-state index contributed by atoms with van der Waals surface area (Å²) in [6, 6.07) is 0. The van der Waals surface area contributed by atoms with Crippen molar-refractivity contribution < 1.29 is 10.6 Å². The van der Waals surface area contributed by atoms with E-state index in [1.54, 1.807) is 0 Å². The second-order valence-electron chi connectivity index (χ2n) is 12.6. The van der Waals surface area contributed by atoms with Gasteiger partial charge in [0.05, 0.1) is 6.10 Å². The maximum Gasteiger partial charge on any atom is 0.0543 e. The zero-order valence-electron chi connectivity index (χ0n) is 20.1. The fourth-order valence-electron chi connectivity index (χ4n) is 9.26. The zero-order chi connectivity index (χ0) is 20.1. The molecule has 3 N–H and O–H groups in total. The summed E-state index contributed by atoms with van der Waals surface area (Å²) in [7, 11) is 0. The first-order valence-electron chi connectivity index (χ1n) is 12.9. The lowest BCUT2D eigenvalue weighted by molar-refractivity contribution is -0.129. The highest BCUT2D eigenvalue weighted by Gasteiger charge is 2.60. The van der Waals surface area contributed by atoms with Crippen molar-refractivity contribution in [2.45, 2.75) is 118 Å². The molecule has 4 rings (SSSR count). The summed E-state index contributed by atoms with van der Waals surface area (Å²) in [5.41, 5.74) is 1.15. The van der Waals surface area contributed by atoms with E-state index in [1.165, 1.54) is 64.2 Å².